The third kappa shape index (κ3) is 3.59. The molecule has 17 heavy (non-hydrogen) atoms. The predicted octanol–water partition coefficient (Wildman–Crippen LogP) is 1.35. The Balaban J connectivity index is 3.14. The lowest BCUT2D eigenvalue weighted by Crippen LogP contribution is -2.06. The third-order valence-corrected chi connectivity index (χ3v) is 1.71. The SMILES string of the molecule is CC(=O)Oc1c(OOSN)cccc1[N+](=O)[O-]. The zero-order chi connectivity index (χ0) is 12.8. The number of para-hydroxylation sites is 1. The quantitative estimate of drug-likeness (QED) is 0.160. The number of esters is 1. The van der Waals surface area contributed by atoms with E-state index in [0.29, 0.717) is 12.2 Å². The third-order valence-electron chi connectivity index (χ3n) is 1.56. The zero-order valence-corrected chi connectivity index (χ0v) is 9.43. The zero-order valence-electron chi connectivity index (χ0n) is 8.61. The van der Waals surface area contributed by atoms with Crippen molar-refractivity contribution in [2.45, 2.75) is 6.92 Å². The van der Waals surface area contributed by atoms with Crippen LogP contribution >= 0.6 is 12.2 Å². The van der Waals surface area contributed by atoms with Gasteiger partial charge in [-0.2, -0.15) is 0 Å². The first kappa shape index (κ1) is 13.2. The molecular formula is C8H8N2O6S. The molecule has 0 saturated carbocycles. The fourth-order valence-corrected chi connectivity index (χ4v) is 1.13. The predicted molar refractivity (Wildman–Crippen MR) is 57.9 cm³/mol. The topological polar surface area (TPSA) is 114 Å². The van der Waals surface area contributed by atoms with E-state index in [-0.39, 0.29) is 11.5 Å². The van der Waals surface area contributed by atoms with Crippen molar-refractivity contribution in [3.05, 3.63) is 28.3 Å². The van der Waals surface area contributed by atoms with Crippen LogP contribution in [0.1, 0.15) is 6.92 Å². The Morgan fingerprint density at radius 1 is 1.53 bits per heavy atom. The number of carbonyl (C=O) groups excluding carboxylic acids is 1. The Hall–Kier alpha value is -1.84. The average Bonchev–Trinajstić information content (AvgIpc) is 2.26. The highest BCUT2D eigenvalue weighted by Crippen LogP contribution is 2.37. The van der Waals surface area contributed by atoms with Crippen LogP contribution in [0.15, 0.2) is 18.2 Å². The van der Waals surface area contributed by atoms with Crippen molar-refractivity contribution in [3.8, 4) is 11.5 Å². The molecule has 0 bridgehead atoms. The summed E-state index contributed by atoms with van der Waals surface area (Å²) in [5.74, 6) is -1.17. The van der Waals surface area contributed by atoms with Crippen molar-refractivity contribution in [2.24, 2.45) is 5.14 Å². The molecule has 1 aromatic carbocycles. The molecule has 0 radical (unpaired) electrons. The van der Waals surface area contributed by atoms with Gasteiger partial charge < -0.3 is 9.62 Å². The molecule has 1 aromatic rings. The molecule has 0 aliphatic heterocycles. The standard InChI is InChI=1S/C8H8N2O6S/c1-5(11)14-8-6(10(12)13)3-2-4-7(8)15-16-17-9/h2-4H,9H2,1H3. The highest BCUT2D eigenvalue weighted by Gasteiger charge is 2.22. The van der Waals surface area contributed by atoms with E-state index >= 15 is 0 Å². The Kier molecular flexibility index (Phi) is 4.69. The van der Waals surface area contributed by atoms with Gasteiger partial charge in [0.1, 0.15) is 12.2 Å². The molecule has 0 aliphatic carbocycles. The van der Waals surface area contributed by atoms with Crippen LogP contribution in [-0.4, -0.2) is 10.9 Å². The van der Waals surface area contributed by atoms with E-state index in [1.807, 2.05) is 0 Å². The van der Waals surface area contributed by atoms with Gasteiger partial charge >= 0.3 is 11.7 Å². The fraction of sp³-hybridized carbons (Fsp3) is 0.125. The molecule has 0 saturated heterocycles. The van der Waals surface area contributed by atoms with Gasteiger partial charge in [0.05, 0.1) is 4.92 Å². The Morgan fingerprint density at radius 2 is 2.24 bits per heavy atom. The van der Waals surface area contributed by atoms with Gasteiger partial charge in [0.25, 0.3) is 5.75 Å². The molecule has 1 rings (SSSR count). The van der Waals surface area contributed by atoms with Gasteiger partial charge in [-0.15, -0.1) is 0 Å². The number of carbonyl (C=O) groups is 1. The average molecular weight is 260 g/mol. The van der Waals surface area contributed by atoms with Crippen molar-refractivity contribution >= 4 is 23.9 Å². The Morgan fingerprint density at radius 3 is 2.76 bits per heavy atom. The first-order valence-electron chi connectivity index (χ1n) is 4.22. The van der Waals surface area contributed by atoms with E-state index in [4.69, 9.17) is 9.88 Å². The number of ether oxygens (including phenoxy) is 1. The molecular weight excluding hydrogens is 252 g/mol. The van der Waals surface area contributed by atoms with Crippen LogP contribution < -0.4 is 14.8 Å². The highest BCUT2D eigenvalue weighted by atomic mass is 32.2. The van der Waals surface area contributed by atoms with Gasteiger partial charge in [0.2, 0.25) is 5.75 Å². The molecule has 92 valence electrons. The number of nitro benzene ring substituents is 1. The summed E-state index contributed by atoms with van der Waals surface area (Å²) in [5, 5.41) is 15.7. The van der Waals surface area contributed by atoms with E-state index in [1.54, 1.807) is 0 Å². The second kappa shape index (κ2) is 6.03. The number of benzene rings is 1. The van der Waals surface area contributed by atoms with Crippen molar-refractivity contribution in [2.75, 3.05) is 0 Å². The van der Waals surface area contributed by atoms with Gasteiger partial charge in [-0.3, -0.25) is 20.0 Å². The summed E-state index contributed by atoms with van der Waals surface area (Å²) in [7, 11) is 0. The lowest BCUT2D eigenvalue weighted by atomic mass is 10.3. The molecule has 0 atom stereocenters. The lowest BCUT2D eigenvalue weighted by Gasteiger charge is -2.07. The fourth-order valence-electron chi connectivity index (χ4n) is 1.02. The summed E-state index contributed by atoms with van der Waals surface area (Å²) < 4.78 is 9.06. The molecule has 2 N–H and O–H groups in total. The Bertz CT molecular complexity index is 438. The highest BCUT2D eigenvalue weighted by molar-refractivity contribution is 7.92. The van der Waals surface area contributed by atoms with Gasteiger partial charge in [-0.25, -0.2) is 0 Å². The number of hydrogen-bond donors (Lipinski definition) is 1. The van der Waals surface area contributed by atoms with Gasteiger partial charge in [-0.1, -0.05) is 10.4 Å². The molecule has 0 fully saturated rings. The monoisotopic (exact) mass is 260 g/mol. The first-order valence-corrected chi connectivity index (χ1v) is 5.02. The van der Waals surface area contributed by atoms with E-state index in [0.717, 1.165) is 6.92 Å². The van der Waals surface area contributed by atoms with Crippen molar-refractivity contribution in [1.29, 1.82) is 0 Å². The van der Waals surface area contributed by atoms with Gasteiger partial charge in [-0.05, 0) is 6.07 Å². The van der Waals surface area contributed by atoms with E-state index in [9.17, 15) is 14.9 Å². The van der Waals surface area contributed by atoms with Crippen molar-refractivity contribution < 1.29 is 23.7 Å². The molecule has 0 aliphatic rings. The van der Waals surface area contributed by atoms with Crippen LogP contribution in [0.4, 0.5) is 5.69 Å². The minimum atomic E-state index is -0.718. The maximum Gasteiger partial charge on any atom is 0.315 e. The van der Waals surface area contributed by atoms with Crippen LogP contribution in [-0.2, 0) is 9.13 Å². The first-order chi connectivity index (χ1) is 8.06. The minimum absolute atomic E-state index is 0.118. The van der Waals surface area contributed by atoms with Gasteiger partial charge in [0.15, 0.2) is 0 Å². The summed E-state index contributed by atoms with van der Waals surface area (Å²) in [6.07, 6.45) is 0. The Labute approximate surface area is 100 Å². The van der Waals surface area contributed by atoms with Crippen LogP contribution in [0.2, 0.25) is 0 Å². The second-order valence-electron chi connectivity index (χ2n) is 2.70. The number of rotatable bonds is 5. The lowest BCUT2D eigenvalue weighted by molar-refractivity contribution is -0.385. The van der Waals surface area contributed by atoms with Gasteiger partial charge in [0, 0.05) is 13.0 Å². The second-order valence-corrected chi connectivity index (χ2v) is 3.03. The van der Waals surface area contributed by atoms with E-state index < -0.39 is 16.6 Å². The van der Waals surface area contributed by atoms with Crippen LogP contribution in [0.5, 0.6) is 11.5 Å². The summed E-state index contributed by atoms with van der Waals surface area (Å²) >= 11 is 0.406. The molecule has 0 amide bonds. The smallest absolute Gasteiger partial charge is 0.315 e. The number of nitrogens with two attached hydrogens (primary N) is 1. The van der Waals surface area contributed by atoms with E-state index in [1.165, 1.54) is 18.2 Å². The van der Waals surface area contributed by atoms with Crippen LogP contribution in [0.25, 0.3) is 0 Å². The summed E-state index contributed by atoms with van der Waals surface area (Å²) in [6.45, 7) is 1.11. The molecule has 9 heteroatoms. The molecule has 8 nitrogen and oxygen atoms in total. The summed E-state index contributed by atoms with van der Waals surface area (Å²) in [4.78, 5) is 25.5. The van der Waals surface area contributed by atoms with Crippen LogP contribution in [0.3, 0.4) is 0 Å². The number of nitrogens with zero attached hydrogens (tertiary/aromatic N) is 1. The molecule has 0 spiro atoms. The van der Waals surface area contributed by atoms with Crippen LogP contribution in [0, 0.1) is 10.1 Å². The number of nitro groups is 1. The van der Waals surface area contributed by atoms with Crippen molar-refractivity contribution in [3.63, 3.8) is 0 Å². The van der Waals surface area contributed by atoms with Crippen molar-refractivity contribution in [1.82, 2.24) is 0 Å². The normalized spacial score (nSPS) is 9.76. The molecule has 0 heterocycles. The molecule has 0 unspecified atom stereocenters. The molecule has 0 aromatic heterocycles. The minimum Gasteiger partial charge on any atom is -0.415 e. The largest absolute Gasteiger partial charge is 0.415 e. The number of hydrogen-bond acceptors (Lipinski definition) is 8. The maximum absolute atomic E-state index is 10.8. The summed E-state index contributed by atoms with van der Waals surface area (Å²) in [6, 6.07) is 3.85. The van der Waals surface area contributed by atoms with E-state index in [2.05, 4.69) is 9.22 Å². The summed E-state index contributed by atoms with van der Waals surface area (Å²) in [5.41, 5.74) is -0.414. The maximum atomic E-state index is 10.8.